The van der Waals surface area contributed by atoms with Gasteiger partial charge in [-0.3, -0.25) is 9.59 Å². The largest absolute Gasteiger partial charge is 0.497 e. The van der Waals surface area contributed by atoms with Crippen molar-refractivity contribution < 1.29 is 18.7 Å². The highest BCUT2D eigenvalue weighted by molar-refractivity contribution is 5.77. The fourth-order valence-electron chi connectivity index (χ4n) is 4.02. The van der Waals surface area contributed by atoms with Gasteiger partial charge in [-0.15, -0.1) is 0 Å². The molecule has 0 aromatic heterocycles. The predicted octanol–water partition coefficient (Wildman–Crippen LogP) is 4.10. The van der Waals surface area contributed by atoms with Gasteiger partial charge in [0.05, 0.1) is 7.11 Å². The Bertz CT molecular complexity index is 887. The van der Waals surface area contributed by atoms with E-state index in [0.29, 0.717) is 37.3 Å². The SMILES string of the molecule is COc1cccc(CCC(=O)N2CCC[C@H](CCC(=O)NCc3ccccc3F)C2)c1. The van der Waals surface area contributed by atoms with Gasteiger partial charge in [0.2, 0.25) is 11.8 Å². The van der Waals surface area contributed by atoms with Crippen LogP contribution in [0.25, 0.3) is 0 Å². The molecule has 0 spiro atoms. The molecule has 0 unspecified atom stereocenters. The molecule has 1 aliphatic heterocycles. The highest BCUT2D eigenvalue weighted by atomic mass is 19.1. The van der Waals surface area contributed by atoms with Crippen molar-refractivity contribution in [3.63, 3.8) is 0 Å². The highest BCUT2D eigenvalue weighted by Crippen LogP contribution is 2.22. The van der Waals surface area contributed by atoms with Crippen molar-refractivity contribution in [1.29, 1.82) is 0 Å². The van der Waals surface area contributed by atoms with E-state index in [0.717, 1.165) is 37.1 Å². The summed E-state index contributed by atoms with van der Waals surface area (Å²) in [6.07, 6.45) is 4.29. The lowest BCUT2D eigenvalue weighted by atomic mass is 9.93. The fraction of sp³-hybridized carbons (Fsp3) is 0.440. The van der Waals surface area contributed by atoms with Gasteiger partial charge in [-0.25, -0.2) is 4.39 Å². The normalized spacial score (nSPS) is 16.1. The molecule has 166 valence electrons. The lowest BCUT2D eigenvalue weighted by molar-refractivity contribution is -0.133. The van der Waals surface area contributed by atoms with Crippen LogP contribution in [-0.4, -0.2) is 36.9 Å². The number of nitrogens with zero attached hydrogens (tertiary/aromatic N) is 1. The van der Waals surface area contributed by atoms with Crippen molar-refractivity contribution in [3.05, 3.63) is 65.5 Å². The lowest BCUT2D eigenvalue weighted by Gasteiger charge is -2.33. The quantitative estimate of drug-likeness (QED) is 0.657. The van der Waals surface area contributed by atoms with Crippen molar-refractivity contribution >= 4 is 11.8 Å². The lowest BCUT2D eigenvalue weighted by Crippen LogP contribution is -2.40. The minimum atomic E-state index is -0.307. The Morgan fingerprint density at radius 3 is 2.81 bits per heavy atom. The zero-order valence-electron chi connectivity index (χ0n) is 18.1. The number of carbonyl (C=O) groups excluding carboxylic acids is 2. The van der Waals surface area contributed by atoms with Gasteiger partial charge in [0, 0.05) is 38.0 Å². The average molecular weight is 427 g/mol. The maximum absolute atomic E-state index is 13.6. The van der Waals surface area contributed by atoms with Crippen LogP contribution in [0.1, 0.15) is 43.2 Å². The Balaban J connectivity index is 1.39. The fourth-order valence-corrected chi connectivity index (χ4v) is 4.02. The number of hydrogen-bond acceptors (Lipinski definition) is 3. The van der Waals surface area contributed by atoms with E-state index in [1.54, 1.807) is 25.3 Å². The highest BCUT2D eigenvalue weighted by Gasteiger charge is 2.24. The van der Waals surface area contributed by atoms with E-state index in [4.69, 9.17) is 4.74 Å². The smallest absolute Gasteiger partial charge is 0.222 e. The van der Waals surface area contributed by atoms with E-state index in [9.17, 15) is 14.0 Å². The molecule has 31 heavy (non-hydrogen) atoms. The molecule has 6 heteroatoms. The zero-order valence-corrected chi connectivity index (χ0v) is 18.1. The number of carbonyl (C=O) groups is 2. The van der Waals surface area contributed by atoms with E-state index >= 15 is 0 Å². The number of benzene rings is 2. The summed E-state index contributed by atoms with van der Waals surface area (Å²) in [4.78, 5) is 26.8. The van der Waals surface area contributed by atoms with Gasteiger partial charge >= 0.3 is 0 Å². The molecular formula is C25H31FN2O3. The number of hydrogen-bond donors (Lipinski definition) is 1. The number of aryl methyl sites for hydroxylation is 1. The molecule has 2 amide bonds. The van der Waals surface area contributed by atoms with E-state index in [1.165, 1.54) is 6.07 Å². The standard InChI is InChI=1S/C25H31FN2O3/c1-31-22-9-4-6-19(16-22)12-14-25(30)28-15-5-7-20(18-28)11-13-24(29)27-17-21-8-2-3-10-23(21)26/h2-4,6,8-10,16,20H,5,7,11-15,17-18H2,1H3,(H,27,29)/t20-/m1/s1. The Kier molecular flexibility index (Phi) is 8.44. The number of amides is 2. The molecule has 2 aromatic rings. The van der Waals surface area contributed by atoms with Crippen LogP contribution in [0, 0.1) is 11.7 Å². The third-order valence-electron chi connectivity index (χ3n) is 5.85. The van der Waals surface area contributed by atoms with E-state index in [2.05, 4.69) is 5.32 Å². The van der Waals surface area contributed by atoms with Crippen LogP contribution < -0.4 is 10.1 Å². The van der Waals surface area contributed by atoms with Crippen LogP contribution in [0.5, 0.6) is 5.75 Å². The average Bonchev–Trinajstić information content (AvgIpc) is 2.81. The predicted molar refractivity (Wildman–Crippen MR) is 118 cm³/mol. The van der Waals surface area contributed by atoms with Gasteiger partial charge in [-0.05, 0) is 55.4 Å². The van der Waals surface area contributed by atoms with Gasteiger partial charge in [-0.2, -0.15) is 0 Å². The van der Waals surface area contributed by atoms with Crippen molar-refractivity contribution in [2.24, 2.45) is 5.92 Å². The second-order valence-electron chi connectivity index (χ2n) is 8.11. The number of nitrogens with one attached hydrogen (secondary N) is 1. The van der Waals surface area contributed by atoms with Crippen molar-refractivity contribution in [1.82, 2.24) is 10.2 Å². The molecule has 1 saturated heterocycles. The second-order valence-corrected chi connectivity index (χ2v) is 8.11. The van der Waals surface area contributed by atoms with Crippen molar-refractivity contribution in [2.45, 2.75) is 45.1 Å². The van der Waals surface area contributed by atoms with Gasteiger partial charge in [0.1, 0.15) is 11.6 Å². The second kappa shape index (κ2) is 11.5. The molecule has 5 nitrogen and oxygen atoms in total. The summed E-state index contributed by atoms with van der Waals surface area (Å²) in [6, 6.07) is 14.3. The maximum atomic E-state index is 13.6. The first kappa shape index (κ1) is 22.8. The molecular weight excluding hydrogens is 395 g/mol. The van der Waals surface area contributed by atoms with E-state index in [1.807, 2.05) is 29.2 Å². The van der Waals surface area contributed by atoms with E-state index in [-0.39, 0.29) is 24.2 Å². The summed E-state index contributed by atoms with van der Waals surface area (Å²) in [5.41, 5.74) is 1.58. The summed E-state index contributed by atoms with van der Waals surface area (Å²) in [6.45, 7) is 1.69. The zero-order chi connectivity index (χ0) is 22.1. The van der Waals surface area contributed by atoms with Gasteiger partial charge in [0.25, 0.3) is 0 Å². The van der Waals surface area contributed by atoms with Crippen molar-refractivity contribution in [3.8, 4) is 5.75 Å². The van der Waals surface area contributed by atoms with Gasteiger partial charge in [0.15, 0.2) is 0 Å². The summed E-state index contributed by atoms with van der Waals surface area (Å²) in [7, 11) is 1.64. The molecule has 3 rings (SSSR count). The van der Waals surface area contributed by atoms with Crippen LogP contribution >= 0.6 is 0 Å². The third kappa shape index (κ3) is 7.09. The molecule has 0 bridgehead atoms. The molecule has 1 heterocycles. The molecule has 0 aliphatic carbocycles. The van der Waals surface area contributed by atoms with Crippen LogP contribution in [0.4, 0.5) is 4.39 Å². The first-order valence-electron chi connectivity index (χ1n) is 11.0. The monoisotopic (exact) mass is 426 g/mol. The summed E-state index contributed by atoms with van der Waals surface area (Å²) in [5, 5.41) is 2.79. The van der Waals surface area contributed by atoms with Crippen LogP contribution in [0.2, 0.25) is 0 Å². The maximum Gasteiger partial charge on any atom is 0.222 e. The van der Waals surface area contributed by atoms with Crippen LogP contribution in [0.3, 0.4) is 0 Å². The Morgan fingerprint density at radius 2 is 2.00 bits per heavy atom. The first-order valence-corrected chi connectivity index (χ1v) is 11.0. The summed E-state index contributed by atoms with van der Waals surface area (Å²) < 4.78 is 18.9. The third-order valence-corrected chi connectivity index (χ3v) is 5.85. The Hall–Kier alpha value is -2.89. The van der Waals surface area contributed by atoms with E-state index < -0.39 is 0 Å². The molecule has 1 aliphatic rings. The molecule has 2 aromatic carbocycles. The Labute approximate surface area is 183 Å². The summed E-state index contributed by atoms with van der Waals surface area (Å²) >= 11 is 0. The number of likely N-dealkylation sites (tertiary alicyclic amines) is 1. The van der Waals surface area contributed by atoms with Crippen LogP contribution in [-0.2, 0) is 22.6 Å². The Morgan fingerprint density at radius 1 is 1.16 bits per heavy atom. The number of methoxy groups -OCH3 is 1. The van der Waals surface area contributed by atoms with Crippen molar-refractivity contribution in [2.75, 3.05) is 20.2 Å². The number of rotatable bonds is 9. The molecule has 1 N–H and O–H groups in total. The molecule has 0 radical (unpaired) electrons. The summed E-state index contributed by atoms with van der Waals surface area (Å²) in [5.74, 6) is 0.907. The molecule has 1 atom stereocenters. The van der Waals surface area contributed by atoms with Crippen LogP contribution in [0.15, 0.2) is 48.5 Å². The topological polar surface area (TPSA) is 58.6 Å². The number of piperidine rings is 1. The molecule has 0 saturated carbocycles. The van der Waals surface area contributed by atoms with Gasteiger partial charge < -0.3 is 15.0 Å². The minimum absolute atomic E-state index is 0.0790. The number of halogens is 1. The molecule has 1 fully saturated rings. The number of ether oxygens (including phenoxy) is 1. The van der Waals surface area contributed by atoms with Gasteiger partial charge in [-0.1, -0.05) is 30.3 Å². The minimum Gasteiger partial charge on any atom is -0.497 e. The first-order chi connectivity index (χ1) is 15.0.